The SMILES string of the molecule is CC(C)CNc1ccc(N2CCOCC2)nc1. The molecule has 0 amide bonds. The third-order valence-corrected chi connectivity index (χ3v) is 2.80. The van der Waals surface area contributed by atoms with Crippen molar-refractivity contribution in [3.63, 3.8) is 0 Å². The predicted molar refractivity (Wildman–Crippen MR) is 70.6 cm³/mol. The molecule has 1 N–H and O–H groups in total. The summed E-state index contributed by atoms with van der Waals surface area (Å²) in [6.07, 6.45) is 1.91. The number of morpholine rings is 1. The van der Waals surface area contributed by atoms with Crippen LogP contribution in [0.2, 0.25) is 0 Å². The number of nitrogens with one attached hydrogen (secondary N) is 1. The van der Waals surface area contributed by atoms with Gasteiger partial charge in [-0.25, -0.2) is 4.98 Å². The fourth-order valence-electron chi connectivity index (χ4n) is 1.79. The number of hydrogen-bond acceptors (Lipinski definition) is 4. The Labute approximate surface area is 103 Å². The first kappa shape index (κ1) is 12.2. The standard InChI is InChI=1S/C13H21N3O/c1-11(2)9-14-12-3-4-13(15-10-12)16-5-7-17-8-6-16/h3-4,10-11,14H,5-9H2,1-2H3. The summed E-state index contributed by atoms with van der Waals surface area (Å²) < 4.78 is 5.33. The molecule has 4 nitrogen and oxygen atoms in total. The predicted octanol–water partition coefficient (Wildman–Crippen LogP) is 1.99. The molecular formula is C13H21N3O. The van der Waals surface area contributed by atoms with E-state index in [9.17, 15) is 0 Å². The summed E-state index contributed by atoms with van der Waals surface area (Å²) in [5.74, 6) is 1.69. The quantitative estimate of drug-likeness (QED) is 0.866. The van der Waals surface area contributed by atoms with E-state index in [0.29, 0.717) is 5.92 Å². The first-order chi connectivity index (χ1) is 8.25. The number of rotatable bonds is 4. The van der Waals surface area contributed by atoms with Crippen molar-refractivity contribution in [2.24, 2.45) is 5.92 Å². The minimum absolute atomic E-state index is 0.647. The van der Waals surface area contributed by atoms with E-state index in [0.717, 1.165) is 44.4 Å². The topological polar surface area (TPSA) is 37.4 Å². The smallest absolute Gasteiger partial charge is 0.128 e. The maximum Gasteiger partial charge on any atom is 0.128 e. The zero-order valence-electron chi connectivity index (χ0n) is 10.6. The molecule has 1 fully saturated rings. The van der Waals surface area contributed by atoms with Gasteiger partial charge in [0.2, 0.25) is 0 Å². The Hall–Kier alpha value is -1.29. The largest absolute Gasteiger partial charge is 0.384 e. The molecule has 1 aromatic heterocycles. The molecule has 94 valence electrons. The zero-order valence-corrected chi connectivity index (χ0v) is 10.6. The van der Waals surface area contributed by atoms with Gasteiger partial charge >= 0.3 is 0 Å². The molecule has 0 spiro atoms. The lowest BCUT2D eigenvalue weighted by atomic mass is 10.2. The van der Waals surface area contributed by atoms with Crippen LogP contribution in [0.3, 0.4) is 0 Å². The van der Waals surface area contributed by atoms with Gasteiger partial charge < -0.3 is 15.0 Å². The molecule has 0 aromatic carbocycles. The van der Waals surface area contributed by atoms with Crippen LogP contribution in [0.5, 0.6) is 0 Å². The highest BCUT2D eigenvalue weighted by molar-refractivity contribution is 5.48. The highest BCUT2D eigenvalue weighted by Crippen LogP contribution is 2.15. The molecule has 0 saturated carbocycles. The van der Waals surface area contributed by atoms with Crippen LogP contribution in [0.4, 0.5) is 11.5 Å². The number of pyridine rings is 1. The summed E-state index contributed by atoms with van der Waals surface area (Å²) in [6.45, 7) is 8.85. The second-order valence-corrected chi connectivity index (χ2v) is 4.78. The molecule has 1 saturated heterocycles. The lowest BCUT2D eigenvalue weighted by molar-refractivity contribution is 0.122. The Bertz CT molecular complexity index is 331. The van der Waals surface area contributed by atoms with E-state index < -0.39 is 0 Å². The molecule has 0 bridgehead atoms. The number of anilines is 2. The first-order valence-corrected chi connectivity index (χ1v) is 6.28. The summed E-state index contributed by atoms with van der Waals surface area (Å²) in [5.41, 5.74) is 1.09. The molecule has 1 aliphatic rings. The minimum atomic E-state index is 0.647. The van der Waals surface area contributed by atoms with Crippen LogP contribution >= 0.6 is 0 Å². The molecular weight excluding hydrogens is 214 g/mol. The van der Waals surface area contributed by atoms with Crippen molar-refractivity contribution in [3.8, 4) is 0 Å². The van der Waals surface area contributed by atoms with Gasteiger partial charge in [-0.15, -0.1) is 0 Å². The molecule has 4 heteroatoms. The average molecular weight is 235 g/mol. The highest BCUT2D eigenvalue weighted by Gasteiger charge is 2.11. The maximum absolute atomic E-state index is 5.33. The Kier molecular flexibility index (Phi) is 4.20. The van der Waals surface area contributed by atoms with Gasteiger partial charge in [-0.05, 0) is 18.1 Å². The average Bonchev–Trinajstić information content (AvgIpc) is 2.38. The molecule has 1 aliphatic heterocycles. The molecule has 2 heterocycles. The summed E-state index contributed by atoms with van der Waals surface area (Å²) in [4.78, 5) is 6.75. The number of hydrogen-bond donors (Lipinski definition) is 1. The van der Waals surface area contributed by atoms with E-state index in [1.807, 2.05) is 6.20 Å². The lowest BCUT2D eigenvalue weighted by Gasteiger charge is -2.27. The van der Waals surface area contributed by atoms with Crippen molar-refractivity contribution >= 4 is 11.5 Å². The molecule has 0 radical (unpaired) electrons. The number of aromatic nitrogens is 1. The van der Waals surface area contributed by atoms with Gasteiger partial charge in [0, 0.05) is 19.6 Å². The van der Waals surface area contributed by atoms with Crippen LogP contribution in [0, 0.1) is 5.92 Å². The van der Waals surface area contributed by atoms with Gasteiger partial charge in [0.25, 0.3) is 0 Å². The van der Waals surface area contributed by atoms with Gasteiger partial charge in [0.05, 0.1) is 25.1 Å². The van der Waals surface area contributed by atoms with E-state index in [2.05, 4.69) is 41.2 Å². The van der Waals surface area contributed by atoms with Gasteiger partial charge in [-0.3, -0.25) is 0 Å². The van der Waals surface area contributed by atoms with Crippen molar-refractivity contribution in [2.45, 2.75) is 13.8 Å². The van der Waals surface area contributed by atoms with E-state index in [1.165, 1.54) is 0 Å². The van der Waals surface area contributed by atoms with Crippen LogP contribution < -0.4 is 10.2 Å². The monoisotopic (exact) mass is 235 g/mol. The van der Waals surface area contributed by atoms with Gasteiger partial charge in [-0.2, -0.15) is 0 Å². The zero-order chi connectivity index (χ0) is 12.1. The minimum Gasteiger partial charge on any atom is -0.384 e. The normalized spacial score (nSPS) is 16.3. The van der Waals surface area contributed by atoms with Crippen molar-refractivity contribution < 1.29 is 4.74 Å². The molecule has 1 aromatic rings. The second-order valence-electron chi connectivity index (χ2n) is 4.78. The Balaban J connectivity index is 1.92. The maximum atomic E-state index is 5.33. The summed E-state index contributed by atoms with van der Waals surface area (Å²) in [6, 6.07) is 4.17. The Morgan fingerprint density at radius 2 is 2.12 bits per heavy atom. The van der Waals surface area contributed by atoms with E-state index >= 15 is 0 Å². The summed E-state index contributed by atoms with van der Waals surface area (Å²) in [5, 5.41) is 3.37. The fraction of sp³-hybridized carbons (Fsp3) is 0.615. The van der Waals surface area contributed by atoms with Gasteiger partial charge in [-0.1, -0.05) is 13.8 Å². The highest BCUT2D eigenvalue weighted by atomic mass is 16.5. The van der Waals surface area contributed by atoms with Crippen molar-refractivity contribution in [1.29, 1.82) is 0 Å². The fourth-order valence-corrected chi connectivity index (χ4v) is 1.79. The third-order valence-electron chi connectivity index (χ3n) is 2.80. The first-order valence-electron chi connectivity index (χ1n) is 6.28. The van der Waals surface area contributed by atoms with E-state index in [-0.39, 0.29) is 0 Å². The van der Waals surface area contributed by atoms with Crippen molar-refractivity contribution in [2.75, 3.05) is 43.1 Å². The van der Waals surface area contributed by atoms with Gasteiger partial charge in [0.1, 0.15) is 5.82 Å². The second kappa shape index (κ2) is 5.87. The van der Waals surface area contributed by atoms with Crippen LogP contribution in [0.1, 0.15) is 13.8 Å². The number of nitrogens with zero attached hydrogens (tertiary/aromatic N) is 2. The molecule has 2 rings (SSSR count). The summed E-state index contributed by atoms with van der Waals surface area (Å²) in [7, 11) is 0. The summed E-state index contributed by atoms with van der Waals surface area (Å²) >= 11 is 0. The van der Waals surface area contributed by atoms with Crippen LogP contribution in [-0.4, -0.2) is 37.8 Å². The Morgan fingerprint density at radius 1 is 1.35 bits per heavy atom. The Morgan fingerprint density at radius 3 is 2.71 bits per heavy atom. The molecule has 0 unspecified atom stereocenters. The molecule has 0 aliphatic carbocycles. The van der Waals surface area contributed by atoms with E-state index in [4.69, 9.17) is 4.74 Å². The molecule has 17 heavy (non-hydrogen) atoms. The van der Waals surface area contributed by atoms with E-state index in [1.54, 1.807) is 0 Å². The van der Waals surface area contributed by atoms with Crippen LogP contribution in [-0.2, 0) is 4.74 Å². The van der Waals surface area contributed by atoms with Crippen LogP contribution in [0.25, 0.3) is 0 Å². The third kappa shape index (κ3) is 3.60. The van der Waals surface area contributed by atoms with Gasteiger partial charge in [0.15, 0.2) is 0 Å². The van der Waals surface area contributed by atoms with Crippen LogP contribution in [0.15, 0.2) is 18.3 Å². The number of ether oxygens (including phenoxy) is 1. The lowest BCUT2D eigenvalue weighted by Crippen LogP contribution is -2.36. The molecule has 0 atom stereocenters. The van der Waals surface area contributed by atoms with Crippen molar-refractivity contribution in [1.82, 2.24) is 4.98 Å². The van der Waals surface area contributed by atoms with Crippen molar-refractivity contribution in [3.05, 3.63) is 18.3 Å².